The fourth-order valence-electron chi connectivity index (χ4n) is 3.71. The van der Waals surface area contributed by atoms with Gasteiger partial charge in [0.15, 0.2) is 5.11 Å². The molecule has 146 valence electrons. The molecule has 1 amide bonds. The van der Waals surface area contributed by atoms with Crippen LogP contribution in [0.3, 0.4) is 0 Å². The minimum Gasteiger partial charge on any atom is -0.351 e. The van der Waals surface area contributed by atoms with E-state index in [1.165, 1.54) is 0 Å². The SMILES string of the molecule is CC1=C(C(=O)Nc2cccc(C)c2C)[C@@H](c2ccc3ccccc3c2)NC(=S)N1. The summed E-state index contributed by atoms with van der Waals surface area (Å²) in [6, 6.07) is 20.0. The molecule has 4 rings (SSSR count). The lowest BCUT2D eigenvalue weighted by molar-refractivity contribution is -0.113. The molecule has 3 aromatic rings. The van der Waals surface area contributed by atoms with Crippen LogP contribution in [0, 0.1) is 13.8 Å². The highest BCUT2D eigenvalue weighted by atomic mass is 32.1. The number of benzene rings is 3. The highest BCUT2D eigenvalue weighted by Gasteiger charge is 2.30. The number of hydrogen-bond donors (Lipinski definition) is 3. The maximum atomic E-state index is 13.3. The van der Waals surface area contributed by atoms with Crippen molar-refractivity contribution in [2.75, 3.05) is 5.32 Å². The molecule has 0 saturated carbocycles. The van der Waals surface area contributed by atoms with E-state index in [0.29, 0.717) is 10.7 Å². The minimum atomic E-state index is -0.321. The first-order valence-electron chi connectivity index (χ1n) is 9.58. The number of amides is 1. The normalized spacial score (nSPS) is 16.4. The van der Waals surface area contributed by atoms with Crippen LogP contribution < -0.4 is 16.0 Å². The first-order valence-corrected chi connectivity index (χ1v) is 9.99. The van der Waals surface area contributed by atoms with Gasteiger partial charge in [0.1, 0.15) is 0 Å². The van der Waals surface area contributed by atoms with E-state index in [1.54, 1.807) is 0 Å². The Morgan fingerprint density at radius 1 is 0.966 bits per heavy atom. The molecule has 1 heterocycles. The first kappa shape index (κ1) is 19.2. The molecule has 3 N–H and O–H groups in total. The molecule has 1 aliphatic heterocycles. The molecule has 0 fully saturated rings. The zero-order valence-electron chi connectivity index (χ0n) is 16.7. The van der Waals surface area contributed by atoms with E-state index in [9.17, 15) is 4.79 Å². The molecule has 0 spiro atoms. The van der Waals surface area contributed by atoms with Gasteiger partial charge in [0.2, 0.25) is 0 Å². The topological polar surface area (TPSA) is 53.2 Å². The quantitative estimate of drug-likeness (QED) is 0.547. The van der Waals surface area contributed by atoms with E-state index in [2.05, 4.69) is 40.2 Å². The number of carbonyl (C=O) groups excluding carboxylic acids is 1. The fourth-order valence-corrected chi connectivity index (χ4v) is 3.98. The summed E-state index contributed by atoms with van der Waals surface area (Å²) in [7, 11) is 0. The van der Waals surface area contributed by atoms with Gasteiger partial charge in [0.05, 0.1) is 11.6 Å². The van der Waals surface area contributed by atoms with Crippen LogP contribution in [0.15, 0.2) is 71.9 Å². The maximum absolute atomic E-state index is 13.3. The Morgan fingerprint density at radius 2 is 1.72 bits per heavy atom. The van der Waals surface area contributed by atoms with E-state index >= 15 is 0 Å². The summed E-state index contributed by atoms with van der Waals surface area (Å²) < 4.78 is 0. The number of thiocarbonyl (C=S) groups is 1. The second kappa shape index (κ2) is 7.68. The molecular formula is C24H23N3OS. The van der Waals surface area contributed by atoms with Crippen LogP contribution in [0.1, 0.15) is 29.7 Å². The van der Waals surface area contributed by atoms with Gasteiger partial charge in [0.25, 0.3) is 5.91 Å². The molecule has 0 unspecified atom stereocenters. The molecule has 0 radical (unpaired) electrons. The smallest absolute Gasteiger partial charge is 0.255 e. The number of anilines is 1. The lowest BCUT2D eigenvalue weighted by atomic mass is 9.93. The van der Waals surface area contributed by atoms with Crippen molar-refractivity contribution in [3.63, 3.8) is 0 Å². The Kier molecular flexibility index (Phi) is 5.07. The lowest BCUT2D eigenvalue weighted by Crippen LogP contribution is -2.45. The Hall–Kier alpha value is -3.18. The largest absolute Gasteiger partial charge is 0.351 e. The average molecular weight is 402 g/mol. The first-order chi connectivity index (χ1) is 13.9. The molecule has 0 aromatic heterocycles. The van der Waals surface area contributed by atoms with Gasteiger partial charge >= 0.3 is 0 Å². The number of aryl methyl sites for hydroxylation is 1. The second-order valence-electron chi connectivity index (χ2n) is 7.38. The monoisotopic (exact) mass is 401 g/mol. The van der Waals surface area contributed by atoms with Crippen LogP contribution in [-0.2, 0) is 4.79 Å². The predicted octanol–water partition coefficient (Wildman–Crippen LogP) is 4.89. The Balaban J connectivity index is 1.73. The zero-order valence-corrected chi connectivity index (χ0v) is 17.5. The number of carbonyl (C=O) groups is 1. The molecule has 0 bridgehead atoms. The van der Waals surface area contributed by atoms with Gasteiger partial charge in [0, 0.05) is 11.4 Å². The summed E-state index contributed by atoms with van der Waals surface area (Å²) >= 11 is 5.37. The molecular weight excluding hydrogens is 378 g/mol. The van der Waals surface area contributed by atoms with Gasteiger partial charge in [-0.3, -0.25) is 4.79 Å². The molecule has 1 atom stereocenters. The van der Waals surface area contributed by atoms with Crippen molar-refractivity contribution in [2.45, 2.75) is 26.8 Å². The van der Waals surface area contributed by atoms with Crippen molar-refractivity contribution in [2.24, 2.45) is 0 Å². The molecule has 1 aliphatic rings. The third kappa shape index (κ3) is 3.74. The van der Waals surface area contributed by atoms with Crippen molar-refractivity contribution in [3.8, 4) is 0 Å². The predicted molar refractivity (Wildman–Crippen MR) is 123 cm³/mol. The Bertz CT molecular complexity index is 1170. The van der Waals surface area contributed by atoms with E-state index in [4.69, 9.17) is 12.2 Å². The van der Waals surface area contributed by atoms with Gasteiger partial charge < -0.3 is 16.0 Å². The number of nitrogens with one attached hydrogen (secondary N) is 3. The summed E-state index contributed by atoms with van der Waals surface area (Å²) in [5.41, 5.74) is 5.41. The molecule has 5 heteroatoms. The van der Waals surface area contributed by atoms with Crippen LogP contribution in [0.25, 0.3) is 10.8 Å². The van der Waals surface area contributed by atoms with E-state index < -0.39 is 0 Å². The van der Waals surface area contributed by atoms with Gasteiger partial charge in [-0.05, 0) is 72.6 Å². The highest BCUT2D eigenvalue weighted by molar-refractivity contribution is 7.80. The lowest BCUT2D eigenvalue weighted by Gasteiger charge is -2.30. The van der Waals surface area contributed by atoms with Crippen LogP contribution in [0.4, 0.5) is 5.69 Å². The van der Waals surface area contributed by atoms with Crippen LogP contribution in [0.2, 0.25) is 0 Å². The standard InChI is InChI=1S/C24H23N3OS/c1-14-7-6-10-20(15(14)2)26-23(28)21-16(3)25-24(29)27-22(21)19-12-11-17-8-4-5-9-18(17)13-19/h4-13,22H,1-3H3,(H,26,28)(H2,25,27,29)/t22-/m1/s1. The van der Waals surface area contributed by atoms with E-state index in [1.807, 2.05) is 57.2 Å². The van der Waals surface area contributed by atoms with Gasteiger partial charge in [-0.15, -0.1) is 0 Å². The van der Waals surface area contributed by atoms with Crippen molar-refractivity contribution in [1.82, 2.24) is 10.6 Å². The van der Waals surface area contributed by atoms with Crippen molar-refractivity contribution in [1.29, 1.82) is 0 Å². The summed E-state index contributed by atoms with van der Waals surface area (Å²) in [6.07, 6.45) is 0. The van der Waals surface area contributed by atoms with Crippen LogP contribution in [0.5, 0.6) is 0 Å². The third-order valence-corrected chi connectivity index (χ3v) is 5.69. The number of hydrogen-bond acceptors (Lipinski definition) is 2. The van der Waals surface area contributed by atoms with Crippen LogP contribution in [-0.4, -0.2) is 11.0 Å². The van der Waals surface area contributed by atoms with Gasteiger partial charge in [-0.2, -0.15) is 0 Å². The molecule has 0 aliphatic carbocycles. The summed E-state index contributed by atoms with van der Waals surface area (Å²) in [4.78, 5) is 13.3. The van der Waals surface area contributed by atoms with Gasteiger partial charge in [-0.25, -0.2) is 0 Å². The minimum absolute atomic E-state index is 0.142. The fraction of sp³-hybridized carbons (Fsp3) is 0.167. The van der Waals surface area contributed by atoms with Crippen molar-refractivity contribution < 1.29 is 4.79 Å². The summed E-state index contributed by atoms with van der Waals surface area (Å²) in [6.45, 7) is 5.94. The maximum Gasteiger partial charge on any atom is 0.255 e. The molecule has 0 saturated heterocycles. The van der Waals surface area contributed by atoms with Crippen molar-refractivity contribution in [3.05, 3.63) is 88.6 Å². The van der Waals surface area contributed by atoms with E-state index in [0.717, 1.165) is 38.8 Å². The second-order valence-corrected chi connectivity index (χ2v) is 7.79. The average Bonchev–Trinajstić information content (AvgIpc) is 2.70. The van der Waals surface area contributed by atoms with Gasteiger partial charge in [-0.1, -0.05) is 48.5 Å². The Morgan fingerprint density at radius 3 is 2.52 bits per heavy atom. The number of allylic oxidation sites excluding steroid dienone is 1. The molecule has 4 nitrogen and oxygen atoms in total. The summed E-state index contributed by atoms with van der Waals surface area (Å²) in [5, 5.41) is 12.3. The molecule has 3 aromatic carbocycles. The zero-order chi connectivity index (χ0) is 20.5. The molecule has 29 heavy (non-hydrogen) atoms. The highest BCUT2D eigenvalue weighted by Crippen LogP contribution is 2.30. The number of fused-ring (bicyclic) bond motifs is 1. The van der Waals surface area contributed by atoms with Crippen LogP contribution >= 0.6 is 12.2 Å². The van der Waals surface area contributed by atoms with E-state index in [-0.39, 0.29) is 11.9 Å². The third-order valence-electron chi connectivity index (χ3n) is 5.47. The summed E-state index contributed by atoms with van der Waals surface area (Å²) in [5.74, 6) is -0.142. The Labute approximate surface area is 176 Å². The van der Waals surface area contributed by atoms with Crippen molar-refractivity contribution >= 4 is 39.7 Å². The number of rotatable bonds is 3.